The molecule has 1 aliphatic rings. The minimum Gasteiger partial charge on any atom is -0.378 e. The highest BCUT2D eigenvalue weighted by molar-refractivity contribution is 6.01. The topological polar surface area (TPSA) is 59.7 Å². The van der Waals surface area contributed by atoms with Gasteiger partial charge in [-0.3, -0.25) is 4.79 Å². The number of halogens is 3. The van der Waals surface area contributed by atoms with E-state index in [9.17, 15) is 18.0 Å². The minimum atomic E-state index is -4.67. The van der Waals surface area contributed by atoms with Crippen molar-refractivity contribution >= 4 is 22.3 Å². The first-order chi connectivity index (χ1) is 14.9. The van der Waals surface area contributed by atoms with Gasteiger partial charge in [0.2, 0.25) is 0 Å². The van der Waals surface area contributed by atoms with Crippen LogP contribution in [0.5, 0.6) is 0 Å². The number of nitrogens with zero attached hydrogens (tertiary/aromatic N) is 4. The molecule has 0 unspecified atom stereocenters. The fourth-order valence-electron chi connectivity index (χ4n) is 3.84. The summed E-state index contributed by atoms with van der Waals surface area (Å²) in [5.41, 5.74) is -0.379. The maximum absolute atomic E-state index is 13.9. The van der Waals surface area contributed by atoms with Crippen molar-refractivity contribution in [3.8, 4) is 11.3 Å². The molecule has 0 radical (unpaired) electrons. The quantitative estimate of drug-likeness (QED) is 0.486. The van der Waals surface area contributed by atoms with E-state index in [0.29, 0.717) is 36.4 Å². The molecular formula is C22H17F3N4O2. The summed E-state index contributed by atoms with van der Waals surface area (Å²) in [4.78, 5) is 19.0. The van der Waals surface area contributed by atoms with Crippen LogP contribution in [0, 0.1) is 0 Å². The van der Waals surface area contributed by atoms with Crippen LogP contribution in [-0.2, 0) is 10.9 Å². The predicted molar refractivity (Wildman–Crippen MR) is 108 cm³/mol. The molecule has 0 N–H and O–H groups in total. The van der Waals surface area contributed by atoms with Gasteiger partial charge in [0.15, 0.2) is 11.3 Å². The smallest absolute Gasteiger partial charge is 0.378 e. The summed E-state index contributed by atoms with van der Waals surface area (Å²) >= 11 is 0. The third-order valence-corrected chi connectivity index (χ3v) is 5.36. The highest BCUT2D eigenvalue weighted by Crippen LogP contribution is 2.35. The molecule has 0 spiro atoms. The SMILES string of the molecule is O=C(c1cnn2c(C(F)(F)F)cc(-c3cccc4ccccc34)nc12)N1CCOCC1. The fourth-order valence-corrected chi connectivity index (χ4v) is 3.84. The molecule has 0 saturated carbocycles. The molecule has 31 heavy (non-hydrogen) atoms. The molecule has 2 aromatic heterocycles. The van der Waals surface area contributed by atoms with E-state index in [1.54, 1.807) is 17.0 Å². The molecule has 0 bridgehead atoms. The average Bonchev–Trinajstić information content (AvgIpc) is 3.21. The lowest BCUT2D eigenvalue weighted by molar-refractivity contribution is -0.142. The Morgan fingerprint density at radius 2 is 1.77 bits per heavy atom. The van der Waals surface area contributed by atoms with E-state index in [1.165, 1.54) is 0 Å². The van der Waals surface area contributed by atoms with Crippen molar-refractivity contribution < 1.29 is 22.7 Å². The molecule has 6 nitrogen and oxygen atoms in total. The lowest BCUT2D eigenvalue weighted by atomic mass is 10.0. The molecule has 158 valence electrons. The molecule has 2 aromatic carbocycles. The number of morpholine rings is 1. The number of rotatable bonds is 2. The number of fused-ring (bicyclic) bond motifs is 2. The lowest BCUT2D eigenvalue weighted by Crippen LogP contribution is -2.40. The van der Waals surface area contributed by atoms with Crippen LogP contribution in [0.15, 0.2) is 54.7 Å². The van der Waals surface area contributed by atoms with Gasteiger partial charge in [-0.1, -0.05) is 42.5 Å². The lowest BCUT2D eigenvalue weighted by Gasteiger charge is -2.26. The summed E-state index contributed by atoms with van der Waals surface area (Å²) in [6.07, 6.45) is -3.52. The van der Waals surface area contributed by atoms with Crippen LogP contribution in [0.3, 0.4) is 0 Å². The van der Waals surface area contributed by atoms with Gasteiger partial charge in [-0.05, 0) is 16.8 Å². The van der Waals surface area contributed by atoms with Crippen LogP contribution >= 0.6 is 0 Å². The van der Waals surface area contributed by atoms with Crippen LogP contribution in [0.2, 0.25) is 0 Å². The summed E-state index contributed by atoms with van der Waals surface area (Å²) in [5, 5.41) is 5.51. The molecule has 1 fully saturated rings. The van der Waals surface area contributed by atoms with Gasteiger partial charge >= 0.3 is 6.18 Å². The Labute approximate surface area is 174 Å². The van der Waals surface area contributed by atoms with Gasteiger partial charge in [-0.15, -0.1) is 0 Å². The molecule has 3 heterocycles. The maximum atomic E-state index is 13.9. The third-order valence-electron chi connectivity index (χ3n) is 5.36. The summed E-state index contributed by atoms with van der Waals surface area (Å²) in [5.74, 6) is -0.408. The summed E-state index contributed by atoms with van der Waals surface area (Å²) in [6, 6.07) is 13.8. The van der Waals surface area contributed by atoms with Gasteiger partial charge < -0.3 is 9.64 Å². The largest absolute Gasteiger partial charge is 0.433 e. The van der Waals surface area contributed by atoms with E-state index < -0.39 is 17.8 Å². The Kier molecular flexibility index (Phi) is 4.62. The number of amides is 1. The van der Waals surface area contributed by atoms with Crippen LogP contribution in [-0.4, -0.2) is 51.7 Å². The number of hydrogen-bond acceptors (Lipinski definition) is 4. The van der Waals surface area contributed by atoms with Crippen molar-refractivity contribution in [2.24, 2.45) is 0 Å². The molecule has 0 aliphatic carbocycles. The maximum Gasteiger partial charge on any atom is 0.433 e. The van der Waals surface area contributed by atoms with Gasteiger partial charge in [-0.25, -0.2) is 9.50 Å². The molecule has 9 heteroatoms. The number of aromatic nitrogens is 3. The molecule has 0 atom stereocenters. The highest BCUT2D eigenvalue weighted by Gasteiger charge is 2.36. The van der Waals surface area contributed by atoms with Crippen molar-refractivity contribution in [2.75, 3.05) is 26.3 Å². The van der Waals surface area contributed by atoms with E-state index in [1.807, 2.05) is 30.3 Å². The zero-order valence-corrected chi connectivity index (χ0v) is 16.3. The van der Waals surface area contributed by atoms with E-state index in [0.717, 1.165) is 23.0 Å². The Balaban J connectivity index is 1.73. The van der Waals surface area contributed by atoms with E-state index >= 15 is 0 Å². The van der Waals surface area contributed by atoms with Crippen molar-refractivity contribution in [2.45, 2.75) is 6.18 Å². The Hall–Kier alpha value is -3.46. The van der Waals surface area contributed by atoms with Gasteiger partial charge in [0.05, 0.1) is 25.1 Å². The number of carbonyl (C=O) groups is 1. The molecule has 1 saturated heterocycles. The Morgan fingerprint density at radius 1 is 1.03 bits per heavy atom. The number of hydrogen-bond donors (Lipinski definition) is 0. The normalized spacial score (nSPS) is 15.0. The van der Waals surface area contributed by atoms with E-state index in [4.69, 9.17) is 4.74 Å². The predicted octanol–water partition coefficient (Wildman–Crippen LogP) is 4.04. The number of carbonyl (C=O) groups excluding carboxylic acids is 1. The van der Waals surface area contributed by atoms with Crippen LogP contribution in [0.4, 0.5) is 13.2 Å². The Morgan fingerprint density at radius 3 is 2.55 bits per heavy atom. The van der Waals surface area contributed by atoms with Gasteiger partial charge in [0.1, 0.15) is 5.56 Å². The number of benzene rings is 2. The molecule has 1 aliphatic heterocycles. The van der Waals surface area contributed by atoms with Gasteiger partial charge in [0, 0.05) is 18.7 Å². The van der Waals surface area contributed by atoms with Crippen LogP contribution < -0.4 is 0 Å². The van der Waals surface area contributed by atoms with Gasteiger partial charge in [-0.2, -0.15) is 18.3 Å². The first-order valence-corrected chi connectivity index (χ1v) is 9.74. The third kappa shape index (κ3) is 3.40. The number of ether oxygens (including phenoxy) is 1. The first-order valence-electron chi connectivity index (χ1n) is 9.74. The average molecular weight is 426 g/mol. The molecular weight excluding hydrogens is 409 g/mol. The first kappa shape index (κ1) is 19.5. The molecule has 5 rings (SSSR count). The van der Waals surface area contributed by atoms with E-state index in [-0.39, 0.29) is 16.9 Å². The molecule has 4 aromatic rings. The van der Waals surface area contributed by atoms with Crippen molar-refractivity contribution in [1.29, 1.82) is 0 Å². The van der Waals surface area contributed by atoms with Crippen molar-refractivity contribution in [3.63, 3.8) is 0 Å². The summed E-state index contributed by atoms with van der Waals surface area (Å²) in [7, 11) is 0. The second-order valence-electron chi connectivity index (χ2n) is 7.25. The molecule has 1 amide bonds. The zero-order chi connectivity index (χ0) is 21.6. The highest BCUT2D eigenvalue weighted by atomic mass is 19.4. The van der Waals surface area contributed by atoms with Gasteiger partial charge in [0.25, 0.3) is 5.91 Å². The second kappa shape index (κ2) is 7.35. The Bertz CT molecular complexity index is 1290. The van der Waals surface area contributed by atoms with Crippen molar-refractivity contribution in [3.05, 3.63) is 66.0 Å². The van der Waals surface area contributed by atoms with Crippen molar-refractivity contribution in [1.82, 2.24) is 19.5 Å². The second-order valence-corrected chi connectivity index (χ2v) is 7.25. The summed E-state index contributed by atoms with van der Waals surface area (Å²) in [6.45, 7) is 1.50. The standard InChI is InChI=1S/C22H17F3N4O2/c23-22(24,25)19-12-18(16-7-3-5-14-4-1-2-6-15(14)16)27-20-17(13-26-29(19)20)21(30)28-8-10-31-11-9-28/h1-7,12-13H,8-11H2. The van der Waals surface area contributed by atoms with Crippen LogP contribution in [0.1, 0.15) is 16.1 Å². The minimum absolute atomic E-state index is 0.0366. The monoisotopic (exact) mass is 426 g/mol. The fraction of sp³-hybridized carbons (Fsp3) is 0.227. The van der Waals surface area contributed by atoms with E-state index in [2.05, 4.69) is 10.1 Å². The zero-order valence-electron chi connectivity index (χ0n) is 16.3. The number of alkyl halides is 3. The summed E-state index contributed by atoms with van der Waals surface area (Å²) < 4.78 is 47.6. The van der Waals surface area contributed by atoms with Crippen LogP contribution in [0.25, 0.3) is 27.7 Å².